The van der Waals surface area contributed by atoms with Gasteiger partial charge in [-0.25, -0.2) is 0 Å². The lowest BCUT2D eigenvalue weighted by Crippen LogP contribution is -2.47. The summed E-state index contributed by atoms with van der Waals surface area (Å²) >= 11 is 0. The first-order chi connectivity index (χ1) is 9.56. The molecule has 0 saturated heterocycles. The molecule has 4 N–H and O–H groups in total. The lowest BCUT2D eigenvalue weighted by Gasteiger charge is -2.22. The molecule has 1 fully saturated rings. The molecular formula is C16H24N2O2. The van der Waals surface area contributed by atoms with Crippen molar-refractivity contribution >= 4 is 5.91 Å². The van der Waals surface area contributed by atoms with E-state index in [0.717, 1.165) is 5.56 Å². The Hall–Kier alpha value is -1.55. The van der Waals surface area contributed by atoms with Gasteiger partial charge in [-0.3, -0.25) is 4.79 Å². The minimum Gasteiger partial charge on any atom is -0.508 e. The van der Waals surface area contributed by atoms with E-state index >= 15 is 0 Å². The third kappa shape index (κ3) is 3.97. The number of phenolic OH excluding ortho intramolecular Hbond substituents is 1. The van der Waals surface area contributed by atoms with E-state index in [0.29, 0.717) is 12.3 Å². The predicted octanol–water partition coefficient (Wildman–Crippen LogP) is 1.96. The quantitative estimate of drug-likeness (QED) is 0.769. The minimum atomic E-state index is -0.539. The fraction of sp³-hybridized carbons (Fsp3) is 0.562. The molecule has 0 bridgehead atoms. The number of nitrogens with one attached hydrogen (secondary N) is 1. The van der Waals surface area contributed by atoms with Crippen LogP contribution in [-0.2, 0) is 11.2 Å². The monoisotopic (exact) mass is 276 g/mol. The highest BCUT2D eigenvalue weighted by Crippen LogP contribution is 2.27. The Morgan fingerprint density at radius 1 is 1.35 bits per heavy atom. The highest BCUT2D eigenvalue weighted by atomic mass is 16.3. The number of rotatable bonds is 5. The van der Waals surface area contributed by atoms with Crippen LogP contribution in [0.4, 0.5) is 0 Å². The Kier molecular flexibility index (Phi) is 5.01. The van der Waals surface area contributed by atoms with Gasteiger partial charge in [-0.1, -0.05) is 25.0 Å². The van der Waals surface area contributed by atoms with Gasteiger partial charge in [0.15, 0.2) is 0 Å². The summed E-state index contributed by atoms with van der Waals surface area (Å²) in [6, 6.07) is 6.48. The maximum Gasteiger partial charge on any atom is 0.237 e. The fourth-order valence-corrected chi connectivity index (χ4v) is 2.89. The van der Waals surface area contributed by atoms with E-state index in [2.05, 4.69) is 12.2 Å². The topological polar surface area (TPSA) is 75.4 Å². The molecule has 110 valence electrons. The van der Waals surface area contributed by atoms with Gasteiger partial charge in [-0.05, 0) is 49.8 Å². The van der Waals surface area contributed by atoms with E-state index in [1.54, 1.807) is 24.3 Å². The van der Waals surface area contributed by atoms with E-state index < -0.39 is 6.04 Å². The SMILES string of the molecule is C[C@H](NC(=O)C(N)Cc1ccc(O)cc1)C1CCCC1. The van der Waals surface area contributed by atoms with E-state index in [9.17, 15) is 9.90 Å². The summed E-state index contributed by atoms with van der Waals surface area (Å²) in [5, 5.41) is 12.3. The summed E-state index contributed by atoms with van der Waals surface area (Å²) in [5.74, 6) is 0.735. The molecule has 4 nitrogen and oxygen atoms in total. The van der Waals surface area contributed by atoms with E-state index in [1.807, 2.05) is 0 Å². The molecule has 0 heterocycles. The van der Waals surface area contributed by atoms with Crippen LogP contribution in [0.25, 0.3) is 0 Å². The van der Waals surface area contributed by atoms with Gasteiger partial charge in [-0.2, -0.15) is 0 Å². The summed E-state index contributed by atoms with van der Waals surface area (Å²) in [6.45, 7) is 2.07. The lowest BCUT2D eigenvalue weighted by molar-refractivity contribution is -0.123. The van der Waals surface area contributed by atoms with Gasteiger partial charge in [0, 0.05) is 6.04 Å². The van der Waals surface area contributed by atoms with Gasteiger partial charge in [0.2, 0.25) is 5.91 Å². The number of phenols is 1. The van der Waals surface area contributed by atoms with Crippen molar-refractivity contribution in [1.29, 1.82) is 0 Å². The van der Waals surface area contributed by atoms with Crippen LogP contribution in [0.3, 0.4) is 0 Å². The molecule has 0 radical (unpaired) electrons. The van der Waals surface area contributed by atoms with Crippen molar-refractivity contribution in [2.75, 3.05) is 0 Å². The Labute approximate surface area is 120 Å². The van der Waals surface area contributed by atoms with Crippen molar-refractivity contribution in [3.8, 4) is 5.75 Å². The third-order valence-corrected chi connectivity index (χ3v) is 4.21. The van der Waals surface area contributed by atoms with E-state index in [4.69, 9.17) is 5.73 Å². The maximum absolute atomic E-state index is 12.1. The largest absolute Gasteiger partial charge is 0.508 e. The molecule has 20 heavy (non-hydrogen) atoms. The molecule has 1 aromatic rings. The average molecular weight is 276 g/mol. The molecule has 2 atom stereocenters. The van der Waals surface area contributed by atoms with Crippen molar-refractivity contribution in [2.45, 2.75) is 51.1 Å². The van der Waals surface area contributed by atoms with Crippen molar-refractivity contribution in [1.82, 2.24) is 5.32 Å². The van der Waals surface area contributed by atoms with Gasteiger partial charge < -0.3 is 16.2 Å². The predicted molar refractivity (Wildman–Crippen MR) is 79.3 cm³/mol. The van der Waals surface area contributed by atoms with E-state index in [1.165, 1.54) is 25.7 Å². The second-order valence-corrected chi connectivity index (χ2v) is 5.82. The second-order valence-electron chi connectivity index (χ2n) is 5.82. The highest BCUT2D eigenvalue weighted by molar-refractivity contribution is 5.82. The van der Waals surface area contributed by atoms with Crippen LogP contribution in [0.1, 0.15) is 38.2 Å². The lowest BCUT2D eigenvalue weighted by atomic mass is 9.99. The molecular weight excluding hydrogens is 252 g/mol. The number of carbonyl (C=O) groups excluding carboxylic acids is 1. The van der Waals surface area contributed by atoms with Crippen molar-refractivity contribution in [3.05, 3.63) is 29.8 Å². The first-order valence-corrected chi connectivity index (χ1v) is 7.40. The Morgan fingerprint density at radius 2 is 1.95 bits per heavy atom. The zero-order chi connectivity index (χ0) is 14.5. The normalized spacial score (nSPS) is 18.7. The van der Waals surface area contributed by atoms with Gasteiger partial charge in [0.05, 0.1) is 6.04 Å². The molecule has 1 aromatic carbocycles. The van der Waals surface area contributed by atoms with Crippen LogP contribution in [0.5, 0.6) is 5.75 Å². The van der Waals surface area contributed by atoms with Gasteiger partial charge in [0.1, 0.15) is 5.75 Å². The standard InChI is InChI=1S/C16H24N2O2/c1-11(13-4-2-3-5-13)18-16(20)15(17)10-12-6-8-14(19)9-7-12/h6-9,11,13,15,19H,2-5,10,17H2,1H3,(H,18,20)/t11-,15?/m0/s1. The van der Waals surface area contributed by atoms with Gasteiger partial charge in [-0.15, -0.1) is 0 Å². The number of hydrogen-bond acceptors (Lipinski definition) is 3. The van der Waals surface area contributed by atoms with Crippen LogP contribution in [0.2, 0.25) is 0 Å². The number of nitrogens with two attached hydrogens (primary N) is 1. The molecule has 1 saturated carbocycles. The van der Waals surface area contributed by atoms with E-state index in [-0.39, 0.29) is 17.7 Å². The molecule has 0 aliphatic heterocycles. The van der Waals surface area contributed by atoms with Crippen LogP contribution in [-0.4, -0.2) is 23.1 Å². The van der Waals surface area contributed by atoms with Crippen molar-refractivity contribution < 1.29 is 9.90 Å². The third-order valence-electron chi connectivity index (χ3n) is 4.21. The number of aromatic hydroxyl groups is 1. The molecule has 4 heteroatoms. The molecule has 1 aliphatic carbocycles. The van der Waals surface area contributed by atoms with Crippen LogP contribution >= 0.6 is 0 Å². The number of carbonyl (C=O) groups is 1. The van der Waals surface area contributed by atoms with Gasteiger partial charge >= 0.3 is 0 Å². The molecule has 1 unspecified atom stereocenters. The van der Waals surface area contributed by atoms with Crippen molar-refractivity contribution in [3.63, 3.8) is 0 Å². The summed E-state index contributed by atoms with van der Waals surface area (Å²) < 4.78 is 0. The van der Waals surface area contributed by atoms with Crippen LogP contribution < -0.4 is 11.1 Å². The second kappa shape index (κ2) is 6.75. The van der Waals surface area contributed by atoms with Crippen molar-refractivity contribution in [2.24, 2.45) is 11.7 Å². The first-order valence-electron chi connectivity index (χ1n) is 7.40. The number of hydrogen-bond donors (Lipinski definition) is 3. The summed E-state index contributed by atoms with van der Waals surface area (Å²) in [6.07, 6.45) is 5.43. The smallest absolute Gasteiger partial charge is 0.237 e. The first kappa shape index (κ1) is 14.9. The summed E-state index contributed by atoms with van der Waals surface area (Å²) in [4.78, 5) is 12.1. The zero-order valence-electron chi connectivity index (χ0n) is 12.0. The molecule has 1 aliphatic rings. The molecule has 1 amide bonds. The van der Waals surface area contributed by atoms with Gasteiger partial charge in [0.25, 0.3) is 0 Å². The summed E-state index contributed by atoms with van der Waals surface area (Å²) in [5.41, 5.74) is 6.92. The van der Waals surface area contributed by atoms with Crippen LogP contribution in [0.15, 0.2) is 24.3 Å². The molecule has 2 rings (SSSR count). The molecule has 0 aromatic heterocycles. The van der Waals surface area contributed by atoms with Crippen LogP contribution in [0, 0.1) is 5.92 Å². The Morgan fingerprint density at radius 3 is 2.55 bits per heavy atom. The Bertz CT molecular complexity index is 438. The highest BCUT2D eigenvalue weighted by Gasteiger charge is 2.24. The minimum absolute atomic E-state index is 0.0857. The zero-order valence-corrected chi connectivity index (χ0v) is 12.0. The molecule has 0 spiro atoms. The average Bonchev–Trinajstić information content (AvgIpc) is 2.95. The number of benzene rings is 1. The number of amides is 1. The Balaban J connectivity index is 1.83. The maximum atomic E-state index is 12.1. The summed E-state index contributed by atoms with van der Waals surface area (Å²) in [7, 11) is 0. The fourth-order valence-electron chi connectivity index (χ4n) is 2.89.